The third-order valence-corrected chi connectivity index (χ3v) is 5.08. The van der Waals surface area contributed by atoms with Gasteiger partial charge in [0.05, 0.1) is 26.9 Å². The zero-order valence-electron chi connectivity index (χ0n) is 17.7. The summed E-state index contributed by atoms with van der Waals surface area (Å²) in [7, 11) is 4.23. The first kappa shape index (κ1) is 20.5. The molecular weight excluding hydrogens is 404 g/mol. The van der Waals surface area contributed by atoms with Crippen LogP contribution in [0.1, 0.15) is 19.4 Å². The molecule has 0 spiro atoms. The van der Waals surface area contributed by atoms with E-state index >= 15 is 0 Å². The Morgan fingerprint density at radius 2 is 1.58 bits per heavy atom. The van der Waals surface area contributed by atoms with Crippen LogP contribution in [-0.2, 0) is 0 Å². The smallest absolute Gasteiger partial charge is 0.205 e. The van der Waals surface area contributed by atoms with E-state index in [1.165, 1.54) is 39.5 Å². The first-order chi connectivity index (χ1) is 14.7. The van der Waals surface area contributed by atoms with Crippen LogP contribution in [0.15, 0.2) is 33.5 Å². The Bertz CT molecular complexity index is 1260. The van der Waals surface area contributed by atoms with Crippen LogP contribution < -0.4 is 24.4 Å². The second kappa shape index (κ2) is 7.16. The Labute approximate surface area is 177 Å². The summed E-state index contributed by atoms with van der Waals surface area (Å²) in [4.78, 5) is 13.0. The summed E-state index contributed by atoms with van der Waals surface area (Å²) in [5.74, 6) is 0.498. The highest BCUT2D eigenvalue weighted by atomic mass is 16.5. The van der Waals surface area contributed by atoms with E-state index in [1.807, 2.05) is 13.8 Å². The molecule has 31 heavy (non-hydrogen) atoms. The standard InChI is InChI=1S/C23H22O8/c1-23(2)7-6-12-18(25)17-13(24)10-14(30-21(17)22(29-5)20(12)31-23)11-8-15(27-3)19(26)16(9-11)28-4/h6-10,25-26H,1-5H3. The Morgan fingerprint density at radius 3 is 2.16 bits per heavy atom. The maximum atomic E-state index is 13.0. The van der Waals surface area contributed by atoms with E-state index in [2.05, 4.69) is 0 Å². The zero-order valence-corrected chi connectivity index (χ0v) is 17.7. The van der Waals surface area contributed by atoms with Crippen molar-refractivity contribution in [1.82, 2.24) is 0 Å². The minimum Gasteiger partial charge on any atom is -0.506 e. The summed E-state index contributed by atoms with van der Waals surface area (Å²) in [5.41, 5.74) is -0.309. The van der Waals surface area contributed by atoms with Crippen LogP contribution in [0.2, 0.25) is 0 Å². The molecule has 0 atom stereocenters. The van der Waals surface area contributed by atoms with Gasteiger partial charge in [-0.3, -0.25) is 4.79 Å². The molecule has 1 aliphatic heterocycles. The molecule has 4 rings (SSSR count). The average Bonchev–Trinajstić information content (AvgIpc) is 2.73. The second-order valence-electron chi connectivity index (χ2n) is 7.57. The van der Waals surface area contributed by atoms with E-state index in [1.54, 1.807) is 12.2 Å². The van der Waals surface area contributed by atoms with Crippen LogP contribution in [0.4, 0.5) is 0 Å². The summed E-state index contributed by atoms with van der Waals surface area (Å²) in [6.07, 6.45) is 3.48. The molecule has 0 bridgehead atoms. The summed E-state index contributed by atoms with van der Waals surface area (Å²) >= 11 is 0. The lowest BCUT2D eigenvalue weighted by molar-refractivity contribution is 0.152. The van der Waals surface area contributed by atoms with Crippen molar-refractivity contribution in [2.45, 2.75) is 19.4 Å². The third-order valence-electron chi connectivity index (χ3n) is 5.08. The molecule has 0 fully saturated rings. The number of rotatable bonds is 4. The van der Waals surface area contributed by atoms with E-state index in [0.29, 0.717) is 11.1 Å². The van der Waals surface area contributed by atoms with Crippen molar-refractivity contribution in [1.29, 1.82) is 0 Å². The van der Waals surface area contributed by atoms with Crippen molar-refractivity contribution < 1.29 is 33.6 Å². The maximum absolute atomic E-state index is 13.0. The van der Waals surface area contributed by atoms with Gasteiger partial charge in [0.1, 0.15) is 22.5 Å². The predicted octanol–water partition coefficient (Wildman–Crippen LogP) is 4.08. The lowest BCUT2D eigenvalue weighted by Gasteiger charge is -2.29. The van der Waals surface area contributed by atoms with Gasteiger partial charge in [-0.25, -0.2) is 0 Å². The topological polar surface area (TPSA) is 108 Å². The van der Waals surface area contributed by atoms with Gasteiger partial charge in [0.15, 0.2) is 28.3 Å². The summed E-state index contributed by atoms with van der Waals surface area (Å²) in [5, 5.41) is 21.0. The van der Waals surface area contributed by atoms with Gasteiger partial charge >= 0.3 is 0 Å². The molecule has 1 aliphatic rings. The summed E-state index contributed by atoms with van der Waals surface area (Å²) in [6, 6.07) is 4.26. The van der Waals surface area contributed by atoms with Crippen molar-refractivity contribution in [3.05, 3.63) is 40.1 Å². The van der Waals surface area contributed by atoms with Gasteiger partial charge in [-0.2, -0.15) is 0 Å². The number of phenols is 2. The highest BCUT2D eigenvalue weighted by Crippen LogP contribution is 2.49. The fourth-order valence-corrected chi connectivity index (χ4v) is 3.55. The van der Waals surface area contributed by atoms with Gasteiger partial charge in [-0.15, -0.1) is 0 Å². The minimum atomic E-state index is -0.643. The molecule has 2 aromatic carbocycles. The van der Waals surface area contributed by atoms with Crippen molar-refractivity contribution in [3.8, 4) is 45.8 Å². The highest BCUT2D eigenvalue weighted by molar-refractivity contribution is 5.97. The van der Waals surface area contributed by atoms with E-state index in [-0.39, 0.29) is 51.2 Å². The number of hydrogen-bond acceptors (Lipinski definition) is 8. The molecule has 2 heterocycles. The van der Waals surface area contributed by atoms with Crippen LogP contribution in [0.5, 0.6) is 34.5 Å². The Hall–Kier alpha value is -3.81. The average molecular weight is 426 g/mol. The van der Waals surface area contributed by atoms with E-state index < -0.39 is 11.0 Å². The normalized spacial score (nSPS) is 14.1. The van der Waals surface area contributed by atoms with Gasteiger partial charge in [0, 0.05) is 11.6 Å². The summed E-state index contributed by atoms with van der Waals surface area (Å²) in [6.45, 7) is 3.71. The SMILES string of the molecule is COc1cc(-c2cc(=O)c3c(O)c4c(c(OC)c3o2)OC(C)(C)C=C4)cc(OC)c1O. The predicted molar refractivity (Wildman–Crippen MR) is 115 cm³/mol. The first-order valence-electron chi connectivity index (χ1n) is 9.45. The molecule has 0 amide bonds. The Morgan fingerprint density at radius 1 is 0.935 bits per heavy atom. The quantitative estimate of drug-likeness (QED) is 0.643. The molecule has 8 nitrogen and oxygen atoms in total. The number of hydrogen-bond donors (Lipinski definition) is 2. The van der Waals surface area contributed by atoms with Gasteiger partial charge in [0.2, 0.25) is 11.5 Å². The lowest BCUT2D eigenvalue weighted by Crippen LogP contribution is -2.28. The monoisotopic (exact) mass is 426 g/mol. The molecular formula is C23H22O8. The zero-order chi connectivity index (χ0) is 22.5. The van der Waals surface area contributed by atoms with Crippen molar-refractivity contribution in [2.75, 3.05) is 21.3 Å². The molecule has 8 heteroatoms. The molecule has 0 radical (unpaired) electrons. The van der Waals surface area contributed by atoms with Crippen LogP contribution >= 0.6 is 0 Å². The fourth-order valence-electron chi connectivity index (χ4n) is 3.55. The fraction of sp³-hybridized carbons (Fsp3) is 0.261. The van der Waals surface area contributed by atoms with Gasteiger partial charge in [0.25, 0.3) is 0 Å². The molecule has 0 saturated carbocycles. The highest BCUT2D eigenvalue weighted by Gasteiger charge is 2.31. The van der Waals surface area contributed by atoms with Gasteiger partial charge < -0.3 is 33.6 Å². The van der Waals surface area contributed by atoms with E-state index in [0.717, 1.165) is 0 Å². The molecule has 162 valence electrons. The summed E-state index contributed by atoms with van der Waals surface area (Å²) < 4.78 is 27.9. The largest absolute Gasteiger partial charge is 0.506 e. The van der Waals surface area contributed by atoms with Gasteiger partial charge in [-0.1, -0.05) is 0 Å². The number of fused-ring (bicyclic) bond motifs is 2. The number of aromatic hydroxyl groups is 2. The Kier molecular flexibility index (Phi) is 4.72. The lowest BCUT2D eigenvalue weighted by atomic mass is 9.99. The van der Waals surface area contributed by atoms with Crippen LogP contribution in [-0.4, -0.2) is 37.1 Å². The molecule has 0 saturated heterocycles. The molecule has 1 aromatic heterocycles. The first-order valence-corrected chi connectivity index (χ1v) is 9.45. The maximum Gasteiger partial charge on any atom is 0.205 e. The van der Waals surface area contributed by atoms with Gasteiger partial charge in [-0.05, 0) is 38.1 Å². The van der Waals surface area contributed by atoms with Crippen LogP contribution in [0, 0.1) is 0 Å². The van der Waals surface area contributed by atoms with Crippen molar-refractivity contribution in [3.63, 3.8) is 0 Å². The van der Waals surface area contributed by atoms with E-state index in [9.17, 15) is 15.0 Å². The Balaban J connectivity index is 2.05. The molecule has 3 aromatic rings. The molecule has 2 N–H and O–H groups in total. The number of methoxy groups -OCH3 is 3. The molecule has 0 unspecified atom stereocenters. The number of ether oxygens (including phenoxy) is 4. The minimum absolute atomic E-state index is 0.0231. The number of benzene rings is 2. The third kappa shape index (κ3) is 3.20. The van der Waals surface area contributed by atoms with Crippen molar-refractivity contribution >= 4 is 17.0 Å². The van der Waals surface area contributed by atoms with Crippen LogP contribution in [0.3, 0.4) is 0 Å². The van der Waals surface area contributed by atoms with Crippen molar-refractivity contribution in [2.24, 2.45) is 0 Å². The second-order valence-corrected chi connectivity index (χ2v) is 7.57. The molecule has 0 aliphatic carbocycles. The van der Waals surface area contributed by atoms with Crippen LogP contribution in [0.25, 0.3) is 28.4 Å². The van der Waals surface area contributed by atoms with E-state index in [4.69, 9.17) is 23.4 Å². The number of phenolic OH excluding ortho intramolecular Hbond substituents is 2.